The van der Waals surface area contributed by atoms with Crippen LogP contribution in [0.25, 0.3) is 0 Å². The van der Waals surface area contributed by atoms with Gasteiger partial charge in [0.25, 0.3) is 0 Å². The molecule has 0 rings (SSSR count). The zero-order valence-corrected chi connectivity index (χ0v) is 5.35. The van der Waals surface area contributed by atoms with Gasteiger partial charge >= 0.3 is 0 Å². The molecule has 0 unspecified atom stereocenters. The molecule has 1 heteroatoms. The van der Waals surface area contributed by atoms with Crippen LogP contribution in [0.1, 0.15) is 13.3 Å². The lowest BCUT2D eigenvalue weighted by atomic mass is 10.5. The molecule has 1 N–H and O–H groups in total. The number of hydrogen-bond acceptors (Lipinski definition) is 1. The molecule has 1 nitrogen and oxygen atoms in total. The summed E-state index contributed by atoms with van der Waals surface area (Å²) in [7, 11) is 0. The van der Waals surface area contributed by atoms with E-state index in [1.54, 1.807) is 0 Å². The van der Waals surface area contributed by atoms with Crippen molar-refractivity contribution in [2.75, 3.05) is 6.54 Å². The van der Waals surface area contributed by atoms with Gasteiger partial charge in [-0.05, 0) is 12.6 Å². The van der Waals surface area contributed by atoms with Gasteiger partial charge in [-0.3, -0.25) is 0 Å². The summed E-state index contributed by atoms with van der Waals surface area (Å²) in [6.45, 7) is 6.52. The molecule has 0 amide bonds. The Kier molecular flexibility index (Phi) is 5.71. The number of nitrogens with one attached hydrogen (secondary N) is 1. The Morgan fingerprint density at radius 3 is 2.88 bits per heavy atom. The Labute approximate surface area is 51.1 Å². The molecule has 8 heavy (non-hydrogen) atoms. The average Bonchev–Trinajstić information content (AvgIpc) is 1.81. The molecule has 0 fully saturated rings. The summed E-state index contributed by atoms with van der Waals surface area (Å²) in [6, 6.07) is 0. The van der Waals surface area contributed by atoms with Crippen LogP contribution >= 0.6 is 0 Å². The Hall–Kier alpha value is -0.720. The van der Waals surface area contributed by atoms with Crippen molar-refractivity contribution in [2.45, 2.75) is 13.3 Å². The summed E-state index contributed by atoms with van der Waals surface area (Å²) in [6.07, 6.45) is 6.94. The quantitative estimate of drug-likeness (QED) is 0.430. The molecule has 46 valence electrons. The molecule has 0 aromatic carbocycles. The zero-order valence-electron chi connectivity index (χ0n) is 5.35. The number of hydrogen-bond donors (Lipinski definition) is 1. The van der Waals surface area contributed by atoms with E-state index in [4.69, 9.17) is 0 Å². The summed E-state index contributed by atoms with van der Waals surface area (Å²) in [5.74, 6) is 0. The van der Waals surface area contributed by atoms with Crippen molar-refractivity contribution < 1.29 is 0 Å². The highest BCUT2D eigenvalue weighted by molar-refractivity contribution is 4.81. The third kappa shape index (κ3) is 5.28. The molecular weight excluding hydrogens is 98.1 g/mol. The van der Waals surface area contributed by atoms with E-state index in [1.165, 1.54) is 0 Å². The summed E-state index contributed by atoms with van der Waals surface area (Å²) in [5.41, 5.74) is 0. The lowest BCUT2D eigenvalue weighted by Gasteiger charge is -1.89. The topological polar surface area (TPSA) is 12.0 Å². The Balaban J connectivity index is 2.90. The molecule has 0 aliphatic carbocycles. The van der Waals surface area contributed by atoms with Crippen molar-refractivity contribution in [1.82, 2.24) is 5.32 Å². The molecule has 0 aromatic rings. The van der Waals surface area contributed by atoms with Gasteiger partial charge in [0.05, 0.1) is 0 Å². The highest BCUT2D eigenvalue weighted by Crippen LogP contribution is 1.74. The molecule has 0 radical (unpaired) electrons. The van der Waals surface area contributed by atoms with Crippen LogP contribution in [0.5, 0.6) is 0 Å². The van der Waals surface area contributed by atoms with Crippen LogP contribution in [0.4, 0.5) is 0 Å². The minimum absolute atomic E-state index is 0.858. The van der Waals surface area contributed by atoms with Gasteiger partial charge < -0.3 is 5.32 Å². The fourth-order valence-corrected chi connectivity index (χ4v) is 0.353. The van der Waals surface area contributed by atoms with E-state index >= 15 is 0 Å². The van der Waals surface area contributed by atoms with E-state index in [0.717, 1.165) is 13.0 Å². The first kappa shape index (κ1) is 7.28. The van der Waals surface area contributed by atoms with E-state index in [9.17, 15) is 0 Å². The molecule has 0 saturated carbocycles. The second kappa shape index (κ2) is 6.28. The van der Waals surface area contributed by atoms with Crippen LogP contribution in [0.2, 0.25) is 0 Å². The molecule has 0 saturated heterocycles. The van der Waals surface area contributed by atoms with Gasteiger partial charge in [0, 0.05) is 6.54 Å². The van der Waals surface area contributed by atoms with Crippen molar-refractivity contribution in [1.29, 1.82) is 0 Å². The highest BCUT2D eigenvalue weighted by Gasteiger charge is 1.66. The van der Waals surface area contributed by atoms with E-state index < -0.39 is 0 Å². The highest BCUT2D eigenvalue weighted by atomic mass is 14.8. The average molecular weight is 111 g/mol. The van der Waals surface area contributed by atoms with Gasteiger partial charge in [-0.15, -0.1) is 6.58 Å². The maximum atomic E-state index is 3.56. The van der Waals surface area contributed by atoms with Crippen molar-refractivity contribution in [3.05, 3.63) is 24.9 Å². The molecule has 0 aliphatic heterocycles. The zero-order chi connectivity index (χ0) is 6.24. The monoisotopic (exact) mass is 111 g/mol. The van der Waals surface area contributed by atoms with Gasteiger partial charge in [-0.2, -0.15) is 0 Å². The van der Waals surface area contributed by atoms with E-state index in [2.05, 4.69) is 24.9 Å². The van der Waals surface area contributed by atoms with Crippen molar-refractivity contribution >= 4 is 0 Å². The largest absolute Gasteiger partial charge is 0.388 e. The molecule has 0 atom stereocenters. The standard InChI is InChI=1S/C7H13N/c1-3-5-7-8-6-4-2/h4-5,7-8H,2-3,6H2,1H3. The second-order valence-electron chi connectivity index (χ2n) is 1.51. The number of rotatable bonds is 4. The maximum Gasteiger partial charge on any atom is 0.0322 e. The molecule has 0 heterocycles. The molecular formula is C7H13N. The van der Waals surface area contributed by atoms with Crippen molar-refractivity contribution in [2.24, 2.45) is 0 Å². The second-order valence-corrected chi connectivity index (χ2v) is 1.51. The number of allylic oxidation sites excluding steroid dienone is 1. The lowest BCUT2D eigenvalue weighted by Crippen LogP contribution is -2.02. The normalized spacial score (nSPS) is 9.62. The summed E-state index contributed by atoms with van der Waals surface area (Å²) in [5, 5.41) is 3.04. The molecule has 0 bridgehead atoms. The van der Waals surface area contributed by atoms with Crippen LogP contribution in [0.3, 0.4) is 0 Å². The Bertz CT molecular complexity index is 74.5. The fraction of sp³-hybridized carbons (Fsp3) is 0.429. The lowest BCUT2D eigenvalue weighted by molar-refractivity contribution is 0.975. The molecule has 0 aromatic heterocycles. The first-order valence-corrected chi connectivity index (χ1v) is 2.91. The summed E-state index contributed by atoms with van der Waals surface area (Å²) in [4.78, 5) is 0. The smallest absolute Gasteiger partial charge is 0.0322 e. The van der Waals surface area contributed by atoms with Crippen molar-refractivity contribution in [3.8, 4) is 0 Å². The van der Waals surface area contributed by atoms with Gasteiger partial charge in [0.1, 0.15) is 0 Å². The van der Waals surface area contributed by atoms with Crippen LogP contribution < -0.4 is 5.32 Å². The first-order chi connectivity index (χ1) is 3.91. The van der Waals surface area contributed by atoms with Gasteiger partial charge in [-0.1, -0.05) is 19.1 Å². The van der Waals surface area contributed by atoms with Gasteiger partial charge in [0.15, 0.2) is 0 Å². The van der Waals surface area contributed by atoms with E-state index in [1.807, 2.05) is 12.3 Å². The molecule has 0 spiro atoms. The predicted molar refractivity (Wildman–Crippen MR) is 37.6 cm³/mol. The van der Waals surface area contributed by atoms with Crippen LogP contribution in [-0.2, 0) is 0 Å². The fourth-order valence-electron chi connectivity index (χ4n) is 0.353. The third-order valence-corrected chi connectivity index (χ3v) is 0.734. The van der Waals surface area contributed by atoms with Crippen LogP contribution in [-0.4, -0.2) is 6.54 Å². The van der Waals surface area contributed by atoms with Crippen LogP contribution in [0, 0.1) is 0 Å². The predicted octanol–water partition coefficient (Wildman–Crippen LogP) is 1.69. The van der Waals surface area contributed by atoms with Gasteiger partial charge in [0.2, 0.25) is 0 Å². The van der Waals surface area contributed by atoms with Crippen LogP contribution in [0.15, 0.2) is 24.9 Å². The minimum atomic E-state index is 0.858. The first-order valence-electron chi connectivity index (χ1n) is 2.91. The summed E-state index contributed by atoms with van der Waals surface area (Å²) < 4.78 is 0. The summed E-state index contributed by atoms with van der Waals surface area (Å²) >= 11 is 0. The Morgan fingerprint density at radius 2 is 2.38 bits per heavy atom. The van der Waals surface area contributed by atoms with E-state index in [0.29, 0.717) is 0 Å². The van der Waals surface area contributed by atoms with Gasteiger partial charge in [-0.25, -0.2) is 0 Å². The third-order valence-electron chi connectivity index (χ3n) is 0.734. The Morgan fingerprint density at radius 1 is 1.62 bits per heavy atom. The SMILES string of the molecule is C=CCNC=CCC. The maximum absolute atomic E-state index is 3.56. The van der Waals surface area contributed by atoms with E-state index in [-0.39, 0.29) is 0 Å². The van der Waals surface area contributed by atoms with Crippen molar-refractivity contribution in [3.63, 3.8) is 0 Å². The molecule has 0 aliphatic rings. The minimum Gasteiger partial charge on any atom is -0.388 e.